The highest BCUT2D eigenvalue weighted by Crippen LogP contribution is 2.60. The molecule has 1 aromatic heterocycles. The molecule has 0 unspecified atom stereocenters. The van der Waals surface area contributed by atoms with E-state index in [1.807, 2.05) is 39.2 Å². The summed E-state index contributed by atoms with van der Waals surface area (Å²) in [5.41, 5.74) is 1.87. The molecule has 1 saturated heterocycles. The number of fused-ring (bicyclic) bond motifs is 2. The van der Waals surface area contributed by atoms with E-state index in [1.165, 1.54) is 29.8 Å². The number of nitrogens with one attached hydrogen (secondary N) is 2. The molecule has 3 amide bonds. The predicted molar refractivity (Wildman–Crippen MR) is 171 cm³/mol. The van der Waals surface area contributed by atoms with E-state index < -0.39 is 27.2 Å². The number of benzene rings is 2. The Bertz CT molecular complexity index is 1870. The fraction of sp³-hybridized carbons (Fsp3) is 0.452. The van der Waals surface area contributed by atoms with Crippen LogP contribution in [-0.4, -0.2) is 89.5 Å². The van der Waals surface area contributed by atoms with Gasteiger partial charge in [-0.3, -0.25) is 23.9 Å². The van der Waals surface area contributed by atoms with Crippen LogP contribution in [0.1, 0.15) is 59.0 Å². The van der Waals surface area contributed by atoms with E-state index in [1.54, 1.807) is 4.90 Å². The van der Waals surface area contributed by atoms with Crippen LogP contribution in [-0.2, 0) is 26.2 Å². The lowest BCUT2D eigenvalue weighted by Crippen LogP contribution is -2.46. The predicted octanol–water partition coefficient (Wildman–Crippen LogP) is 3.09. The van der Waals surface area contributed by atoms with Gasteiger partial charge in [0.1, 0.15) is 18.3 Å². The number of anilines is 1. The monoisotopic (exact) mass is 698 g/mol. The SMILES string of the molecule is CC(=O)c1nn(CC(=O)N2[C@H](C(=O)Nc3cc(Br)ccc3C)C[C@@]3(CN(C)C)C[C@@H]23)c2cc(C(=O)NS(=O)(=O)C3CC3)ccc12. The smallest absolute Gasteiger partial charge is 0.264 e. The van der Waals surface area contributed by atoms with Crippen molar-refractivity contribution in [2.24, 2.45) is 5.41 Å². The molecule has 3 aliphatic rings. The van der Waals surface area contributed by atoms with E-state index in [0.29, 0.717) is 35.9 Å². The van der Waals surface area contributed by atoms with Crippen LogP contribution in [0.2, 0.25) is 0 Å². The zero-order chi connectivity index (χ0) is 32.4. The Labute approximate surface area is 269 Å². The number of aromatic nitrogens is 2. The molecule has 2 aliphatic carbocycles. The van der Waals surface area contributed by atoms with Crippen LogP contribution < -0.4 is 10.0 Å². The Kier molecular flexibility index (Phi) is 7.89. The van der Waals surface area contributed by atoms with E-state index in [2.05, 4.69) is 36.0 Å². The molecule has 3 aromatic rings. The number of nitrogens with zero attached hydrogens (tertiary/aromatic N) is 4. The first kappa shape index (κ1) is 31.4. The first-order valence-corrected chi connectivity index (χ1v) is 17.1. The highest BCUT2D eigenvalue weighted by Gasteiger charge is 2.67. The molecule has 2 N–H and O–H groups in total. The fourth-order valence-corrected chi connectivity index (χ4v) is 8.23. The van der Waals surface area contributed by atoms with Crippen molar-refractivity contribution < 1.29 is 27.6 Å². The molecular weight excluding hydrogens is 664 g/mol. The third-order valence-corrected chi connectivity index (χ3v) is 11.2. The minimum absolute atomic E-state index is 0.0606. The van der Waals surface area contributed by atoms with E-state index >= 15 is 0 Å². The van der Waals surface area contributed by atoms with E-state index in [-0.39, 0.29) is 46.9 Å². The van der Waals surface area contributed by atoms with Crippen LogP contribution >= 0.6 is 15.9 Å². The molecule has 6 rings (SSSR count). The Morgan fingerprint density at radius 2 is 1.82 bits per heavy atom. The lowest BCUT2D eigenvalue weighted by atomic mass is 9.98. The molecule has 45 heavy (non-hydrogen) atoms. The molecule has 2 heterocycles. The normalized spacial score (nSPS) is 22.4. The molecule has 12 nitrogen and oxygen atoms in total. The minimum Gasteiger partial charge on any atom is -0.325 e. The zero-order valence-electron chi connectivity index (χ0n) is 25.5. The number of ketones is 1. The number of likely N-dealkylation sites (tertiary alicyclic amines) is 1. The minimum atomic E-state index is -3.78. The molecule has 0 spiro atoms. The van der Waals surface area contributed by atoms with Gasteiger partial charge in [0.15, 0.2) is 5.78 Å². The molecule has 3 atom stereocenters. The van der Waals surface area contributed by atoms with Gasteiger partial charge in [0.2, 0.25) is 21.8 Å². The summed E-state index contributed by atoms with van der Waals surface area (Å²) in [5.74, 6) is -1.73. The first-order chi connectivity index (χ1) is 21.2. The van der Waals surface area contributed by atoms with E-state index in [9.17, 15) is 27.6 Å². The van der Waals surface area contributed by atoms with Gasteiger partial charge < -0.3 is 15.1 Å². The average molecular weight is 700 g/mol. The number of aryl methyl sites for hydroxylation is 1. The summed E-state index contributed by atoms with van der Waals surface area (Å²) in [4.78, 5) is 56.9. The van der Waals surface area contributed by atoms with E-state index in [4.69, 9.17) is 0 Å². The number of piperidine rings is 1. The summed E-state index contributed by atoms with van der Waals surface area (Å²) >= 11 is 3.45. The van der Waals surface area contributed by atoms with Crippen molar-refractivity contribution in [3.8, 4) is 0 Å². The maximum atomic E-state index is 14.1. The van der Waals surface area contributed by atoms with Crippen molar-refractivity contribution >= 4 is 66.0 Å². The van der Waals surface area contributed by atoms with Crippen LogP contribution in [0, 0.1) is 12.3 Å². The van der Waals surface area contributed by atoms with Gasteiger partial charge in [0.05, 0.1) is 10.8 Å². The van der Waals surface area contributed by atoms with E-state index in [0.717, 1.165) is 23.0 Å². The van der Waals surface area contributed by atoms with Crippen molar-refractivity contribution in [1.29, 1.82) is 0 Å². The molecule has 3 fully saturated rings. The summed E-state index contributed by atoms with van der Waals surface area (Å²) in [7, 11) is 0.164. The van der Waals surface area contributed by atoms with Crippen LogP contribution in [0.15, 0.2) is 40.9 Å². The van der Waals surface area contributed by atoms with Crippen molar-refractivity contribution in [2.45, 2.75) is 63.4 Å². The van der Waals surface area contributed by atoms with Crippen LogP contribution in [0.25, 0.3) is 10.9 Å². The van der Waals surface area contributed by atoms with Gasteiger partial charge in [0, 0.05) is 46.0 Å². The number of hydrogen-bond acceptors (Lipinski definition) is 8. The van der Waals surface area contributed by atoms with Gasteiger partial charge in [0.25, 0.3) is 5.91 Å². The third-order valence-electron chi connectivity index (χ3n) is 8.93. The number of carbonyl (C=O) groups excluding carboxylic acids is 4. The summed E-state index contributed by atoms with van der Waals surface area (Å²) in [6.07, 6.45) is 2.30. The second-order valence-corrected chi connectivity index (χ2v) is 15.6. The molecule has 0 bridgehead atoms. The molecule has 2 aromatic carbocycles. The van der Waals surface area contributed by atoms with Crippen LogP contribution in [0.4, 0.5) is 5.69 Å². The quantitative estimate of drug-likeness (QED) is 0.307. The summed E-state index contributed by atoms with van der Waals surface area (Å²) < 4.78 is 29.1. The van der Waals surface area contributed by atoms with Gasteiger partial charge in [-0.25, -0.2) is 13.1 Å². The first-order valence-electron chi connectivity index (χ1n) is 14.8. The second kappa shape index (κ2) is 11.3. The zero-order valence-corrected chi connectivity index (χ0v) is 27.9. The Morgan fingerprint density at radius 1 is 1.09 bits per heavy atom. The number of halogens is 1. The van der Waals surface area contributed by atoms with Gasteiger partial charge >= 0.3 is 0 Å². The number of amides is 3. The molecule has 14 heteroatoms. The number of rotatable bonds is 10. The van der Waals surface area contributed by atoms with Gasteiger partial charge in [-0.2, -0.15) is 5.10 Å². The highest BCUT2D eigenvalue weighted by molar-refractivity contribution is 9.10. The number of Topliss-reactive ketones (excluding diaryl/α,β-unsaturated/α-hetero) is 1. The van der Waals surface area contributed by atoms with Crippen LogP contribution in [0.5, 0.6) is 0 Å². The molecule has 0 radical (unpaired) electrons. The molecule has 1 aliphatic heterocycles. The highest BCUT2D eigenvalue weighted by atomic mass is 79.9. The molecular formula is C31H35BrN6O6S. The maximum absolute atomic E-state index is 14.1. The standard InChI is InChI=1S/C31H35BrN6O6S/c1-17-5-7-20(32)12-23(17)33-30(42)25-13-31(16-36(3)4)14-26(31)38(25)27(40)15-37-24-11-19(6-10-22(24)28(34-37)18(2)39)29(41)35-45(43,44)21-8-9-21/h5-7,10-12,21,25-26H,8-9,13-16H2,1-4H3,(H,33,42)(H,35,41)/t25-,26+,31-/m0/s1. The summed E-state index contributed by atoms with van der Waals surface area (Å²) in [5, 5.41) is 7.31. The lowest BCUT2D eigenvalue weighted by molar-refractivity contribution is -0.138. The fourth-order valence-electron chi connectivity index (χ4n) is 6.57. The summed E-state index contributed by atoms with van der Waals surface area (Å²) in [6, 6.07) is 9.19. The number of carbonyl (C=O) groups is 4. The number of sulfonamides is 1. The van der Waals surface area contributed by atoms with Crippen molar-refractivity contribution in [2.75, 3.05) is 26.0 Å². The van der Waals surface area contributed by atoms with Crippen molar-refractivity contribution in [3.63, 3.8) is 0 Å². The third kappa shape index (κ3) is 6.02. The number of hydrogen-bond donors (Lipinski definition) is 2. The average Bonchev–Trinajstić information content (AvgIpc) is 3.87. The Morgan fingerprint density at radius 3 is 2.49 bits per heavy atom. The topological polar surface area (TPSA) is 151 Å². The summed E-state index contributed by atoms with van der Waals surface area (Å²) in [6.45, 7) is 3.71. The molecule has 2 saturated carbocycles. The van der Waals surface area contributed by atoms with Crippen molar-refractivity contribution in [3.05, 3.63) is 57.7 Å². The van der Waals surface area contributed by atoms with Gasteiger partial charge in [-0.1, -0.05) is 22.0 Å². The largest absolute Gasteiger partial charge is 0.325 e. The van der Waals surface area contributed by atoms with Gasteiger partial charge in [-0.05, 0) is 82.6 Å². The second-order valence-electron chi connectivity index (χ2n) is 12.8. The Balaban J connectivity index is 1.30. The lowest BCUT2D eigenvalue weighted by Gasteiger charge is -2.27. The van der Waals surface area contributed by atoms with Crippen molar-refractivity contribution in [1.82, 2.24) is 24.3 Å². The van der Waals surface area contributed by atoms with Gasteiger partial charge in [-0.15, -0.1) is 0 Å². The Hall–Kier alpha value is -3.62. The van der Waals surface area contributed by atoms with Crippen LogP contribution in [0.3, 0.4) is 0 Å². The maximum Gasteiger partial charge on any atom is 0.264 e. The molecule has 238 valence electrons.